The van der Waals surface area contributed by atoms with E-state index in [4.69, 9.17) is 4.74 Å². The molecule has 2 N–H and O–H groups in total. The van der Waals surface area contributed by atoms with Crippen LogP contribution in [0.2, 0.25) is 0 Å². The van der Waals surface area contributed by atoms with Crippen molar-refractivity contribution < 1.29 is 4.74 Å². The summed E-state index contributed by atoms with van der Waals surface area (Å²) in [6.45, 7) is 14.1. The number of ether oxygens (including phenoxy) is 1. The number of rotatable bonds is 6. The Labute approximate surface area is 107 Å². The van der Waals surface area contributed by atoms with Gasteiger partial charge in [-0.25, -0.2) is 0 Å². The van der Waals surface area contributed by atoms with E-state index in [1.54, 1.807) is 0 Å². The van der Waals surface area contributed by atoms with E-state index in [1.807, 2.05) is 0 Å². The lowest BCUT2D eigenvalue weighted by Gasteiger charge is -2.25. The van der Waals surface area contributed by atoms with Crippen molar-refractivity contribution in [2.24, 2.45) is 5.92 Å². The molecule has 0 radical (unpaired) electrons. The van der Waals surface area contributed by atoms with Gasteiger partial charge in [0.05, 0.1) is 6.10 Å². The SMILES string of the molecule is CCC1OCCC1CNC(C)CNC(C)(C)C. The van der Waals surface area contributed by atoms with Crippen LogP contribution >= 0.6 is 0 Å². The molecular weight excluding hydrogens is 212 g/mol. The third-order valence-corrected chi connectivity index (χ3v) is 3.42. The third kappa shape index (κ3) is 5.84. The molecule has 3 heteroatoms. The van der Waals surface area contributed by atoms with Crippen LogP contribution in [0.5, 0.6) is 0 Å². The summed E-state index contributed by atoms with van der Waals surface area (Å²) in [4.78, 5) is 0. The highest BCUT2D eigenvalue weighted by Gasteiger charge is 2.26. The van der Waals surface area contributed by atoms with Crippen LogP contribution in [0.4, 0.5) is 0 Å². The highest BCUT2D eigenvalue weighted by Crippen LogP contribution is 2.22. The minimum absolute atomic E-state index is 0.207. The molecule has 0 amide bonds. The minimum Gasteiger partial charge on any atom is -0.378 e. The van der Waals surface area contributed by atoms with Crippen LogP contribution in [0.25, 0.3) is 0 Å². The molecule has 0 aliphatic carbocycles. The lowest BCUT2D eigenvalue weighted by Crippen LogP contribution is -2.46. The molecule has 1 saturated heterocycles. The van der Waals surface area contributed by atoms with Crippen molar-refractivity contribution in [3.05, 3.63) is 0 Å². The summed E-state index contributed by atoms with van der Waals surface area (Å²) < 4.78 is 5.71. The molecule has 17 heavy (non-hydrogen) atoms. The zero-order valence-corrected chi connectivity index (χ0v) is 12.2. The Morgan fingerprint density at radius 3 is 2.65 bits per heavy atom. The van der Waals surface area contributed by atoms with Crippen molar-refractivity contribution in [1.29, 1.82) is 0 Å². The molecule has 3 unspecified atom stereocenters. The molecule has 1 fully saturated rings. The molecule has 0 aromatic rings. The quantitative estimate of drug-likeness (QED) is 0.749. The lowest BCUT2D eigenvalue weighted by atomic mass is 9.99. The first-order valence-electron chi connectivity index (χ1n) is 7.02. The van der Waals surface area contributed by atoms with Crippen LogP contribution in [0.1, 0.15) is 47.5 Å². The van der Waals surface area contributed by atoms with Gasteiger partial charge in [0.25, 0.3) is 0 Å². The van der Waals surface area contributed by atoms with Gasteiger partial charge < -0.3 is 15.4 Å². The van der Waals surface area contributed by atoms with E-state index in [1.165, 1.54) is 6.42 Å². The average molecular weight is 242 g/mol. The monoisotopic (exact) mass is 242 g/mol. The largest absolute Gasteiger partial charge is 0.378 e. The zero-order chi connectivity index (χ0) is 12.9. The van der Waals surface area contributed by atoms with Gasteiger partial charge in [0.1, 0.15) is 0 Å². The molecule has 0 aromatic heterocycles. The fourth-order valence-electron chi connectivity index (χ4n) is 2.26. The Kier molecular flexibility index (Phi) is 5.90. The minimum atomic E-state index is 0.207. The topological polar surface area (TPSA) is 33.3 Å². The molecule has 1 aliphatic heterocycles. The Hall–Kier alpha value is -0.120. The fraction of sp³-hybridized carbons (Fsp3) is 1.00. The van der Waals surface area contributed by atoms with Crippen LogP contribution in [0, 0.1) is 5.92 Å². The lowest BCUT2D eigenvalue weighted by molar-refractivity contribution is 0.0867. The third-order valence-electron chi connectivity index (χ3n) is 3.42. The van der Waals surface area contributed by atoms with E-state index in [9.17, 15) is 0 Å². The second-order valence-corrected chi connectivity index (χ2v) is 6.31. The van der Waals surface area contributed by atoms with Crippen LogP contribution in [0.3, 0.4) is 0 Å². The summed E-state index contributed by atoms with van der Waals surface area (Å²) >= 11 is 0. The predicted molar refractivity (Wildman–Crippen MR) is 73.4 cm³/mol. The highest BCUT2D eigenvalue weighted by atomic mass is 16.5. The highest BCUT2D eigenvalue weighted by molar-refractivity contribution is 4.80. The maximum Gasteiger partial charge on any atom is 0.0613 e. The van der Waals surface area contributed by atoms with E-state index in [0.717, 1.165) is 26.1 Å². The van der Waals surface area contributed by atoms with Gasteiger partial charge in [-0.3, -0.25) is 0 Å². The molecule has 0 aromatic carbocycles. The summed E-state index contributed by atoms with van der Waals surface area (Å²) in [6.07, 6.45) is 2.83. The summed E-state index contributed by atoms with van der Waals surface area (Å²) in [5.41, 5.74) is 0.207. The Morgan fingerprint density at radius 1 is 1.35 bits per heavy atom. The first-order chi connectivity index (χ1) is 7.92. The van der Waals surface area contributed by atoms with Crippen molar-refractivity contribution in [3.63, 3.8) is 0 Å². The van der Waals surface area contributed by atoms with Crippen molar-refractivity contribution >= 4 is 0 Å². The van der Waals surface area contributed by atoms with Crippen LogP contribution in [-0.2, 0) is 4.74 Å². The molecule has 1 aliphatic rings. The molecule has 1 heterocycles. The maximum absolute atomic E-state index is 5.71. The van der Waals surface area contributed by atoms with Crippen molar-refractivity contribution in [2.75, 3.05) is 19.7 Å². The summed E-state index contributed by atoms with van der Waals surface area (Å²) in [5, 5.41) is 7.15. The Balaban J connectivity index is 2.17. The van der Waals surface area contributed by atoms with Crippen molar-refractivity contribution in [2.45, 2.75) is 65.1 Å². The van der Waals surface area contributed by atoms with Crippen LogP contribution in [0.15, 0.2) is 0 Å². The molecule has 3 atom stereocenters. The van der Waals surface area contributed by atoms with Gasteiger partial charge in [-0.2, -0.15) is 0 Å². The molecule has 0 bridgehead atoms. The maximum atomic E-state index is 5.71. The number of hydrogen-bond acceptors (Lipinski definition) is 3. The van der Waals surface area contributed by atoms with Crippen molar-refractivity contribution in [3.8, 4) is 0 Å². The first-order valence-corrected chi connectivity index (χ1v) is 7.02. The predicted octanol–water partition coefficient (Wildman–Crippen LogP) is 2.17. The summed E-state index contributed by atoms with van der Waals surface area (Å²) in [5.74, 6) is 0.706. The zero-order valence-electron chi connectivity index (χ0n) is 12.2. The smallest absolute Gasteiger partial charge is 0.0613 e. The van der Waals surface area contributed by atoms with Gasteiger partial charge in [0.15, 0.2) is 0 Å². The summed E-state index contributed by atoms with van der Waals surface area (Å²) in [7, 11) is 0. The Morgan fingerprint density at radius 2 is 2.06 bits per heavy atom. The normalized spacial score (nSPS) is 27.4. The van der Waals surface area contributed by atoms with E-state index >= 15 is 0 Å². The van der Waals surface area contributed by atoms with Gasteiger partial charge in [-0.15, -0.1) is 0 Å². The van der Waals surface area contributed by atoms with Gasteiger partial charge in [-0.1, -0.05) is 6.92 Å². The van der Waals surface area contributed by atoms with Gasteiger partial charge in [0.2, 0.25) is 0 Å². The van der Waals surface area contributed by atoms with E-state index in [-0.39, 0.29) is 5.54 Å². The number of nitrogens with one attached hydrogen (secondary N) is 2. The second-order valence-electron chi connectivity index (χ2n) is 6.31. The molecule has 0 spiro atoms. The van der Waals surface area contributed by atoms with Gasteiger partial charge in [0, 0.05) is 31.3 Å². The second kappa shape index (κ2) is 6.72. The Bertz CT molecular complexity index is 213. The van der Waals surface area contributed by atoms with Crippen LogP contribution < -0.4 is 10.6 Å². The molecule has 102 valence electrons. The van der Waals surface area contributed by atoms with Gasteiger partial charge in [-0.05, 0) is 46.5 Å². The summed E-state index contributed by atoms with van der Waals surface area (Å²) in [6, 6.07) is 0.521. The van der Waals surface area contributed by atoms with E-state index in [0.29, 0.717) is 18.1 Å². The standard InChI is InChI=1S/C14H30N2O/c1-6-13-12(7-8-17-13)10-15-11(2)9-16-14(3,4)5/h11-13,15-16H,6-10H2,1-5H3. The average Bonchev–Trinajstić information content (AvgIpc) is 2.69. The van der Waals surface area contributed by atoms with E-state index < -0.39 is 0 Å². The fourth-order valence-corrected chi connectivity index (χ4v) is 2.26. The molecule has 0 saturated carbocycles. The molecule has 3 nitrogen and oxygen atoms in total. The number of hydrogen-bond donors (Lipinski definition) is 2. The van der Waals surface area contributed by atoms with Crippen molar-refractivity contribution in [1.82, 2.24) is 10.6 Å². The molecular formula is C14H30N2O. The van der Waals surface area contributed by atoms with Gasteiger partial charge >= 0.3 is 0 Å². The van der Waals surface area contributed by atoms with E-state index in [2.05, 4.69) is 45.3 Å². The molecule has 1 rings (SSSR count). The first kappa shape index (κ1) is 14.9. The van der Waals surface area contributed by atoms with Crippen LogP contribution in [-0.4, -0.2) is 37.4 Å².